The molecule has 0 bridgehead atoms. The molecule has 4 rings (SSSR count). The Morgan fingerprint density at radius 3 is 2.41 bits per heavy atom. The average molecular weight is 366 g/mol. The number of fused-ring (bicyclic) bond motifs is 2. The molecule has 0 fully saturated rings. The van der Waals surface area contributed by atoms with Gasteiger partial charge in [-0.25, -0.2) is 0 Å². The molecule has 140 valence electrons. The maximum atomic E-state index is 13.0. The van der Waals surface area contributed by atoms with Gasteiger partial charge in [-0.05, 0) is 47.9 Å². The third-order valence-corrected chi connectivity index (χ3v) is 5.07. The molecule has 1 amide bonds. The van der Waals surface area contributed by atoms with Crippen molar-refractivity contribution in [1.29, 1.82) is 0 Å². The third-order valence-electron chi connectivity index (χ3n) is 5.07. The Kier molecular flexibility index (Phi) is 4.39. The topological polar surface area (TPSA) is 63.8 Å². The molecule has 0 aliphatic carbocycles. The molecule has 3 aromatic rings. The van der Waals surface area contributed by atoms with Crippen molar-refractivity contribution in [3.8, 4) is 17.2 Å². The Labute approximate surface area is 157 Å². The molecule has 1 aliphatic heterocycles. The first-order chi connectivity index (χ1) is 13.1. The molecule has 0 saturated carbocycles. The van der Waals surface area contributed by atoms with E-state index in [4.69, 9.17) is 14.2 Å². The highest BCUT2D eigenvalue weighted by Crippen LogP contribution is 2.33. The second-order valence-corrected chi connectivity index (χ2v) is 6.59. The van der Waals surface area contributed by atoms with Crippen LogP contribution >= 0.6 is 0 Å². The number of amides is 1. The second kappa shape index (κ2) is 6.87. The maximum Gasteiger partial charge on any atom is 0.270 e. The number of benzene rings is 2. The number of hydrogen-bond donors (Lipinski definition) is 1. The van der Waals surface area contributed by atoms with Crippen molar-refractivity contribution in [2.45, 2.75) is 13.0 Å². The van der Waals surface area contributed by atoms with Gasteiger partial charge in [0.2, 0.25) is 0 Å². The van der Waals surface area contributed by atoms with E-state index in [1.54, 1.807) is 21.3 Å². The van der Waals surface area contributed by atoms with E-state index in [-0.39, 0.29) is 5.91 Å². The van der Waals surface area contributed by atoms with Gasteiger partial charge >= 0.3 is 0 Å². The van der Waals surface area contributed by atoms with Crippen LogP contribution in [0, 0.1) is 0 Å². The Hall–Kier alpha value is -3.15. The molecular weight excluding hydrogens is 344 g/mol. The lowest BCUT2D eigenvalue weighted by Gasteiger charge is -2.29. The van der Waals surface area contributed by atoms with E-state index in [2.05, 4.69) is 4.98 Å². The molecule has 6 heteroatoms. The van der Waals surface area contributed by atoms with Crippen LogP contribution in [0.5, 0.6) is 17.2 Å². The fraction of sp³-hybridized carbons (Fsp3) is 0.286. The predicted octanol–water partition coefficient (Wildman–Crippen LogP) is 3.39. The zero-order valence-corrected chi connectivity index (χ0v) is 15.7. The molecule has 0 spiro atoms. The van der Waals surface area contributed by atoms with E-state index in [1.807, 2.05) is 41.3 Å². The molecule has 2 heterocycles. The van der Waals surface area contributed by atoms with Crippen molar-refractivity contribution in [3.63, 3.8) is 0 Å². The Morgan fingerprint density at radius 1 is 0.963 bits per heavy atom. The quantitative estimate of drug-likeness (QED) is 0.769. The minimum absolute atomic E-state index is 0.00870. The van der Waals surface area contributed by atoms with Crippen LogP contribution in [0.15, 0.2) is 36.4 Å². The van der Waals surface area contributed by atoms with E-state index >= 15 is 0 Å². The summed E-state index contributed by atoms with van der Waals surface area (Å²) in [6, 6.07) is 11.6. The number of methoxy groups -OCH3 is 3. The highest BCUT2D eigenvalue weighted by molar-refractivity contribution is 5.98. The Bertz CT molecular complexity index is 1010. The van der Waals surface area contributed by atoms with Crippen LogP contribution in [0.25, 0.3) is 10.9 Å². The summed E-state index contributed by atoms with van der Waals surface area (Å²) >= 11 is 0. The average Bonchev–Trinajstić information content (AvgIpc) is 3.14. The molecule has 0 atom stereocenters. The van der Waals surface area contributed by atoms with Gasteiger partial charge in [-0.3, -0.25) is 4.79 Å². The SMILES string of the molecule is COc1ccc2cc(C(=O)N3CCc4cc(OC)c(OC)cc4C3)[nH]c2c1. The minimum Gasteiger partial charge on any atom is -0.497 e. The zero-order chi connectivity index (χ0) is 19.0. The van der Waals surface area contributed by atoms with Crippen LogP contribution in [0.3, 0.4) is 0 Å². The molecule has 2 aromatic carbocycles. The molecule has 1 aliphatic rings. The highest BCUT2D eigenvalue weighted by atomic mass is 16.5. The van der Waals surface area contributed by atoms with Gasteiger partial charge in [0.05, 0.1) is 21.3 Å². The lowest BCUT2D eigenvalue weighted by Crippen LogP contribution is -2.36. The number of aromatic nitrogens is 1. The normalized spacial score (nSPS) is 13.4. The number of carbonyl (C=O) groups excluding carboxylic acids is 1. The van der Waals surface area contributed by atoms with Crippen molar-refractivity contribution < 1.29 is 19.0 Å². The van der Waals surface area contributed by atoms with Crippen LogP contribution in [0.4, 0.5) is 0 Å². The van der Waals surface area contributed by atoms with Crippen molar-refractivity contribution in [2.75, 3.05) is 27.9 Å². The minimum atomic E-state index is -0.00870. The van der Waals surface area contributed by atoms with Crippen molar-refractivity contribution in [2.24, 2.45) is 0 Å². The number of nitrogens with one attached hydrogen (secondary N) is 1. The number of ether oxygens (including phenoxy) is 3. The molecule has 0 saturated heterocycles. The van der Waals surface area contributed by atoms with Gasteiger partial charge in [0, 0.05) is 30.1 Å². The van der Waals surface area contributed by atoms with Crippen molar-refractivity contribution in [3.05, 3.63) is 53.2 Å². The van der Waals surface area contributed by atoms with Crippen LogP contribution in [-0.4, -0.2) is 43.7 Å². The summed E-state index contributed by atoms with van der Waals surface area (Å²) in [5, 5.41) is 0.989. The van der Waals surface area contributed by atoms with Crippen LogP contribution in [0.2, 0.25) is 0 Å². The predicted molar refractivity (Wildman–Crippen MR) is 103 cm³/mol. The first kappa shape index (κ1) is 17.3. The number of H-pyrrole nitrogens is 1. The fourth-order valence-corrected chi connectivity index (χ4v) is 3.58. The van der Waals surface area contributed by atoms with Crippen LogP contribution in [0.1, 0.15) is 21.6 Å². The van der Waals surface area contributed by atoms with E-state index in [9.17, 15) is 4.79 Å². The molecule has 1 N–H and O–H groups in total. The largest absolute Gasteiger partial charge is 0.497 e. The Morgan fingerprint density at radius 2 is 1.70 bits per heavy atom. The van der Waals surface area contributed by atoms with Gasteiger partial charge in [-0.1, -0.05) is 0 Å². The molecule has 1 aromatic heterocycles. The summed E-state index contributed by atoms with van der Waals surface area (Å²) in [5.74, 6) is 2.16. The van der Waals surface area contributed by atoms with E-state index in [0.717, 1.165) is 34.4 Å². The molecule has 6 nitrogen and oxygen atoms in total. The summed E-state index contributed by atoms with van der Waals surface area (Å²) in [5.41, 5.74) is 3.76. The van der Waals surface area contributed by atoms with E-state index < -0.39 is 0 Å². The standard InChI is InChI=1S/C21H22N2O4/c1-25-16-5-4-14-8-18(22-17(14)11-16)21(24)23-7-6-13-9-19(26-2)20(27-3)10-15(13)12-23/h4-5,8-11,22H,6-7,12H2,1-3H3. The molecule has 0 unspecified atom stereocenters. The van der Waals surface area contributed by atoms with Crippen LogP contribution in [-0.2, 0) is 13.0 Å². The van der Waals surface area contributed by atoms with Crippen molar-refractivity contribution >= 4 is 16.8 Å². The monoisotopic (exact) mass is 366 g/mol. The highest BCUT2D eigenvalue weighted by Gasteiger charge is 2.24. The summed E-state index contributed by atoms with van der Waals surface area (Å²) in [6.45, 7) is 1.22. The summed E-state index contributed by atoms with van der Waals surface area (Å²) < 4.78 is 16.0. The van der Waals surface area contributed by atoms with Gasteiger partial charge in [0.1, 0.15) is 11.4 Å². The number of carbonyl (C=O) groups is 1. The lowest BCUT2D eigenvalue weighted by molar-refractivity contribution is 0.0729. The Balaban J connectivity index is 1.60. The third kappa shape index (κ3) is 3.07. The zero-order valence-electron chi connectivity index (χ0n) is 15.7. The summed E-state index contributed by atoms with van der Waals surface area (Å²) in [6.07, 6.45) is 0.787. The smallest absolute Gasteiger partial charge is 0.270 e. The molecule has 0 radical (unpaired) electrons. The fourth-order valence-electron chi connectivity index (χ4n) is 3.58. The van der Waals surface area contributed by atoms with Crippen LogP contribution < -0.4 is 14.2 Å². The maximum absolute atomic E-state index is 13.0. The lowest BCUT2D eigenvalue weighted by atomic mass is 9.98. The number of nitrogens with zero attached hydrogens (tertiary/aromatic N) is 1. The first-order valence-electron chi connectivity index (χ1n) is 8.82. The number of hydrogen-bond acceptors (Lipinski definition) is 4. The summed E-state index contributed by atoms with van der Waals surface area (Å²) in [4.78, 5) is 18.1. The molecule has 27 heavy (non-hydrogen) atoms. The molecular formula is C21H22N2O4. The summed E-state index contributed by atoms with van der Waals surface area (Å²) in [7, 11) is 4.88. The van der Waals surface area contributed by atoms with Crippen molar-refractivity contribution in [1.82, 2.24) is 9.88 Å². The van der Waals surface area contributed by atoms with Gasteiger partial charge in [-0.2, -0.15) is 0 Å². The van der Waals surface area contributed by atoms with E-state index in [1.165, 1.54) is 5.56 Å². The van der Waals surface area contributed by atoms with Gasteiger partial charge in [0.25, 0.3) is 5.91 Å². The van der Waals surface area contributed by atoms with Gasteiger partial charge in [0.15, 0.2) is 11.5 Å². The number of aromatic amines is 1. The van der Waals surface area contributed by atoms with Gasteiger partial charge in [-0.15, -0.1) is 0 Å². The first-order valence-corrected chi connectivity index (χ1v) is 8.82. The van der Waals surface area contributed by atoms with Gasteiger partial charge < -0.3 is 24.1 Å². The van der Waals surface area contributed by atoms with E-state index in [0.29, 0.717) is 24.5 Å². The number of rotatable bonds is 4. The second-order valence-electron chi connectivity index (χ2n) is 6.59.